The molecule has 0 bridgehead atoms. The highest BCUT2D eigenvalue weighted by molar-refractivity contribution is 5.82. The summed E-state index contributed by atoms with van der Waals surface area (Å²) in [6, 6.07) is 14.5. The summed E-state index contributed by atoms with van der Waals surface area (Å²) in [6.45, 7) is 14.7. The van der Waals surface area contributed by atoms with Crippen LogP contribution in [0.5, 0.6) is 5.75 Å². The molecular formula is C27H34N2O2. The highest BCUT2D eigenvalue weighted by Gasteiger charge is 2.14. The van der Waals surface area contributed by atoms with E-state index in [0.29, 0.717) is 12.3 Å². The van der Waals surface area contributed by atoms with E-state index in [4.69, 9.17) is 4.74 Å². The highest BCUT2D eigenvalue weighted by Crippen LogP contribution is 2.26. The minimum atomic E-state index is -0.0101. The van der Waals surface area contributed by atoms with Crippen molar-refractivity contribution in [2.45, 2.75) is 26.8 Å². The summed E-state index contributed by atoms with van der Waals surface area (Å²) in [6.07, 6.45) is 3.80. The van der Waals surface area contributed by atoms with E-state index in [1.165, 1.54) is 16.7 Å². The zero-order valence-electron chi connectivity index (χ0n) is 19.1. The third kappa shape index (κ3) is 8.00. The van der Waals surface area contributed by atoms with Crippen molar-refractivity contribution in [2.75, 3.05) is 26.7 Å². The van der Waals surface area contributed by atoms with Crippen LogP contribution in [0.4, 0.5) is 0 Å². The summed E-state index contributed by atoms with van der Waals surface area (Å²) < 4.78 is 5.66. The topological polar surface area (TPSA) is 50.4 Å². The van der Waals surface area contributed by atoms with Gasteiger partial charge < -0.3 is 15.4 Å². The molecule has 0 radical (unpaired) electrons. The number of aryl methyl sites for hydroxylation is 2. The van der Waals surface area contributed by atoms with E-state index in [0.717, 1.165) is 16.7 Å². The third-order valence-electron chi connectivity index (χ3n) is 4.92. The van der Waals surface area contributed by atoms with Crippen molar-refractivity contribution in [1.29, 1.82) is 0 Å². The lowest BCUT2D eigenvalue weighted by Gasteiger charge is -2.20. The van der Waals surface area contributed by atoms with Crippen LogP contribution in [0.2, 0.25) is 0 Å². The van der Waals surface area contributed by atoms with Crippen LogP contribution in [0.1, 0.15) is 35.2 Å². The Kier molecular flexibility index (Phi) is 9.44. The van der Waals surface area contributed by atoms with Gasteiger partial charge in [0.15, 0.2) is 5.78 Å². The summed E-state index contributed by atoms with van der Waals surface area (Å²) >= 11 is 0. The first kappa shape index (κ1) is 24.3. The summed E-state index contributed by atoms with van der Waals surface area (Å²) in [5, 5.41) is 6.48. The number of nitrogens with one attached hydrogen (secondary N) is 2. The Bertz CT molecular complexity index is 942. The van der Waals surface area contributed by atoms with E-state index in [9.17, 15) is 4.79 Å². The van der Waals surface area contributed by atoms with Gasteiger partial charge in [-0.05, 0) is 62.2 Å². The molecule has 2 N–H and O–H groups in total. The lowest BCUT2D eigenvalue weighted by molar-refractivity contribution is -0.120. The van der Waals surface area contributed by atoms with Crippen molar-refractivity contribution in [3.05, 3.63) is 101 Å². The molecule has 0 heterocycles. The first-order chi connectivity index (χ1) is 14.8. The maximum atomic E-state index is 12.1. The van der Waals surface area contributed by atoms with Gasteiger partial charge in [0.05, 0.1) is 12.6 Å². The van der Waals surface area contributed by atoms with Crippen LogP contribution < -0.4 is 15.4 Å². The molecule has 1 atom stereocenters. The molecule has 0 aliphatic carbocycles. The largest absolute Gasteiger partial charge is 0.486 e. The van der Waals surface area contributed by atoms with Crippen molar-refractivity contribution < 1.29 is 9.53 Å². The van der Waals surface area contributed by atoms with Crippen molar-refractivity contribution in [1.82, 2.24) is 10.6 Å². The smallest absolute Gasteiger partial charge is 0.183 e. The number of rotatable bonds is 12. The van der Waals surface area contributed by atoms with Crippen LogP contribution in [0.3, 0.4) is 0 Å². The summed E-state index contributed by atoms with van der Waals surface area (Å²) in [4.78, 5) is 12.1. The molecule has 2 aromatic rings. The molecule has 0 spiro atoms. The Balaban J connectivity index is 1.85. The quantitative estimate of drug-likeness (QED) is 0.485. The van der Waals surface area contributed by atoms with Crippen LogP contribution in [0, 0.1) is 13.8 Å². The fourth-order valence-corrected chi connectivity index (χ4v) is 3.30. The zero-order valence-corrected chi connectivity index (χ0v) is 19.1. The molecule has 0 saturated heterocycles. The normalized spacial score (nSPS) is 12.0. The molecule has 1 unspecified atom stereocenters. The maximum absolute atomic E-state index is 12.1. The zero-order chi connectivity index (χ0) is 22.8. The number of ketones is 1. The second kappa shape index (κ2) is 12.0. The lowest BCUT2D eigenvalue weighted by Crippen LogP contribution is -2.28. The van der Waals surface area contributed by atoms with E-state index in [1.807, 2.05) is 50.4 Å². The molecule has 164 valence electrons. The minimum absolute atomic E-state index is 0.0101. The number of ether oxygens (including phenoxy) is 1. The molecule has 0 aliphatic rings. The van der Waals surface area contributed by atoms with Crippen molar-refractivity contribution in [3.63, 3.8) is 0 Å². The van der Waals surface area contributed by atoms with E-state index in [2.05, 4.69) is 55.8 Å². The fraction of sp³-hybridized carbons (Fsp3) is 0.296. The van der Waals surface area contributed by atoms with Crippen LogP contribution in [0.25, 0.3) is 0 Å². The standard InChI is InChI=1S/C27H34N2O2/c1-19(2)7-8-21(4)16-29-17-24(30)18-31-25-12-10-23(11-13-25)27(28-6)26-14-9-20(3)15-22(26)5/h7-15,27-29H,1,4,16-18H2,2-3,5-6H3/b8-7-. The number of Topliss-reactive ketones (excluding diaryl/α,β-unsaturated/α-hetero) is 1. The van der Waals surface area contributed by atoms with Gasteiger partial charge in [-0.2, -0.15) is 0 Å². The third-order valence-corrected chi connectivity index (χ3v) is 4.92. The average Bonchev–Trinajstić information content (AvgIpc) is 2.73. The van der Waals surface area contributed by atoms with E-state index in [-0.39, 0.29) is 25.0 Å². The molecule has 0 saturated carbocycles. The van der Waals surface area contributed by atoms with Gasteiger partial charge in [-0.25, -0.2) is 0 Å². The molecule has 4 heteroatoms. The number of hydrogen-bond acceptors (Lipinski definition) is 4. The molecule has 31 heavy (non-hydrogen) atoms. The van der Waals surface area contributed by atoms with Gasteiger partial charge in [0.25, 0.3) is 0 Å². The number of carbonyl (C=O) groups excluding carboxylic acids is 1. The number of hydrogen-bond donors (Lipinski definition) is 2. The van der Waals surface area contributed by atoms with E-state index >= 15 is 0 Å². The number of benzene rings is 2. The van der Waals surface area contributed by atoms with Gasteiger partial charge in [0.2, 0.25) is 0 Å². The monoisotopic (exact) mass is 418 g/mol. The van der Waals surface area contributed by atoms with Gasteiger partial charge in [0, 0.05) is 6.54 Å². The van der Waals surface area contributed by atoms with Crippen molar-refractivity contribution >= 4 is 5.78 Å². The molecule has 4 nitrogen and oxygen atoms in total. The fourth-order valence-electron chi connectivity index (χ4n) is 3.30. The maximum Gasteiger partial charge on any atom is 0.183 e. The number of allylic oxidation sites excluding steroid dienone is 2. The predicted octanol–water partition coefficient (Wildman–Crippen LogP) is 4.84. The minimum Gasteiger partial charge on any atom is -0.486 e. The van der Waals surface area contributed by atoms with E-state index < -0.39 is 0 Å². The van der Waals surface area contributed by atoms with Gasteiger partial charge in [-0.15, -0.1) is 0 Å². The molecular weight excluding hydrogens is 384 g/mol. The molecule has 2 rings (SSSR count). The molecule has 0 amide bonds. The lowest BCUT2D eigenvalue weighted by atomic mass is 9.94. The first-order valence-corrected chi connectivity index (χ1v) is 10.5. The van der Waals surface area contributed by atoms with Crippen molar-refractivity contribution in [3.8, 4) is 5.75 Å². The summed E-state index contributed by atoms with van der Waals surface area (Å²) in [5.41, 5.74) is 6.78. The molecule has 0 fully saturated rings. The van der Waals surface area contributed by atoms with Crippen LogP contribution in [-0.4, -0.2) is 32.5 Å². The number of carbonyl (C=O) groups is 1. The Morgan fingerprint density at radius 3 is 2.39 bits per heavy atom. The summed E-state index contributed by atoms with van der Waals surface area (Å²) in [7, 11) is 1.96. The second-order valence-electron chi connectivity index (χ2n) is 7.92. The van der Waals surface area contributed by atoms with Crippen molar-refractivity contribution in [2.24, 2.45) is 0 Å². The second-order valence-corrected chi connectivity index (χ2v) is 7.92. The predicted molar refractivity (Wildman–Crippen MR) is 130 cm³/mol. The van der Waals surface area contributed by atoms with Crippen LogP contribution >= 0.6 is 0 Å². The van der Waals surface area contributed by atoms with Crippen LogP contribution in [-0.2, 0) is 4.79 Å². The summed E-state index contributed by atoms with van der Waals surface area (Å²) in [5.74, 6) is 0.672. The van der Waals surface area contributed by atoms with Crippen LogP contribution in [0.15, 0.2) is 78.9 Å². The van der Waals surface area contributed by atoms with E-state index in [1.54, 1.807) is 0 Å². The van der Waals surface area contributed by atoms with Gasteiger partial charge in [-0.3, -0.25) is 4.79 Å². The molecule has 2 aromatic carbocycles. The molecule has 0 aromatic heterocycles. The Morgan fingerprint density at radius 2 is 1.77 bits per heavy atom. The SMILES string of the molecule is C=C(C)/C=C\C(=C)CNCC(=O)COc1ccc(C(NC)c2ccc(C)cc2C)cc1. The average molecular weight is 419 g/mol. The first-order valence-electron chi connectivity index (χ1n) is 10.5. The highest BCUT2D eigenvalue weighted by atomic mass is 16.5. The van der Waals surface area contributed by atoms with Gasteiger partial charge in [0.1, 0.15) is 12.4 Å². The molecule has 0 aliphatic heterocycles. The Hall–Kier alpha value is -2.95. The Labute approximate surface area is 186 Å². The van der Waals surface area contributed by atoms with Gasteiger partial charge in [-0.1, -0.05) is 66.8 Å². The van der Waals surface area contributed by atoms with Gasteiger partial charge >= 0.3 is 0 Å². The Morgan fingerprint density at radius 1 is 1.06 bits per heavy atom.